The van der Waals surface area contributed by atoms with Gasteiger partial charge in [-0.05, 0) is 36.4 Å². The van der Waals surface area contributed by atoms with Gasteiger partial charge in [0.1, 0.15) is 0 Å². The maximum absolute atomic E-state index is 12.5. The predicted octanol–water partition coefficient (Wildman–Crippen LogP) is 3.70. The molecule has 0 radical (unpaired) electrons. The zero-order valence-electron chi connectivity index (χ0n) is 10.6. The summed E-state index contributed by atoms with van der Waals surface area (Å²) in [6.07, 6.45) is 0. The quantitative estimate of drug-likeness (QED) is 0.806. The number of rotatable bonds is 4. The summed E-state index contributed by atoms with van der Waals surface area (Å²) in [4.78, 5) is 12.5. The monoisotopic (exact) mass is 320 g/mol. The van der Waals surface area contributed by atoms with Crippen molar-refractivity contribution in [1.29, 1.82) is 0 Å². The van der Waals surface area contributed by atoms with E-state index in [1.165, 1.54) is 7.11 Å². The number of ether oxygens (including phenoxy) is 2. The van der Waals surface area contributed by atoms with Gasteiger partial charge in [0.2, 0.25) is 0 Å². The van der Waals surface area contributed by atoms with Gasteiger partial charge in [0, 0.05) is 10.0 Å². The Labute approximate surface area is 120 Å². The van der Waals surface area contributed by atoms with Crippen LogP contribution in [0.3, 0.4) is 0 Å². The van der Waals surface area contributed by atoms with Crippen molar-refractivity contribution in [2.24, 2.45) is 0 Å². The third-order valence-corrected chi connectivity index (χ3v) is 3.28. The van der Waals surface area contributed by atoms with E-state index in [0.717, 1.165) is 4.47 Å². The van der Waals surface area contributed by atoms with Crippen LogP contribution in [0, 0.1) is 0 Å². The summed E-state index contributed by atoms with van der Waals surface area (Å²) < 4.78 is 11.4. The summed E-state index contributed by atoms with van der Waals surface area (Å²) in [6.45, 7) is 0. The van der Waals surface area contributed by atoms with Gasteiger partial charge in [-0.15, -0.1) is 0 Å². The highest BCUT2D eigenvalue weighted by atomic mass is 79.9. The molecular weight excluding hydrogens is 308 g/mol. The molecule has 0 fully saturated rings. The van der Waals surface area contributed by atoms with Gasteiger partial charge >= 0.3 is 0 Å². The number of hydrogen-bond donors (Lipinski definition) is 0. The Kier molecular flexibility index (Phi) is 4.22. The van der Waals surface area contributed by atoms with E-state index in [-0.39, 0.29) is 5.78 Å². The van der Waals surface area contributed by atoms with Crippen LogP contribution in [0.15, 0.2) is 46.9 Å². The largest absolute Gasteiger partial charge is 0.493 e. The summed E-state index contributed by atoms with van der Waals surface area (Å²) in [5, 5.41) is 0. The molecule has 0 saturated heterocycles. The molecule has 0 aliphatic heterocycles. The van der Waals surface area contributed by atoms with Crippen LogP contribution < -0.4 is 9.47 Å². The molecule has 2 aromatic rings. The fraction of sp³-hybridized carbons (Fsp3) is 0.133. The number of para-hydroxylation sites is 1. The fourth-order valence-corrected chi connectivity index (χ4v) is 2.09. The Bertz CT molecular complexity index is 591. The molecule has 3 nitrogen and oxygen atoms in total. The van der Waals surface area contributed by atoms with E-state index in [2.05, 4.69) is 15.9 Å². The minimum absolute atomic E-state index is 0.0942. The summed E-state index contributed by atoms with van der Waals surface area (Å²) in [5.41, 5.74) is 1.10. The normalized spacial score (nSPS) is 10.1. The van der Waals surface area contributed by atoms with Crippen molar-refractivity contribution in [3.63, 3.8) is 0 Å². The van der Waals surface area contributed by atoms with Crippen molar-refractivity contribution in [3.05, 3.63) is 58.1 Å². The molecule has 0 atom stereocenters. The zero-order valence-corrected chi connectivity index (χ0v) is 12.2. The van der Waals surface area contributed by atoms with Gasteiger partial charge in [-0.1, -0.05) is 22.0 Å². The van der Waals surface area contributed by atoms with Crippen molar-refractivity contribution in [1.82, 2.24) is 0 Å². The third kappa shape index (κ3) is 2.79. The Balaban J connectivity index is 2.46. The van der Waals surface area contributed by atoms with Crippen molar-refractivity contribution >= 4 is 21.7 Å². The van der Waals surface area contributed by atoms with Crippen LogP contribution in [0.4, 0.5) is 0 Å². The van der Waals surface area contributed by atoms with E-state index in [4.69, 9.17) is 9.47 Å². The fourth-order valence-electron chi connectivity index (χ4n) is 1.82. The predicted molar refractivity (Wildman–Crippen MR) is 77.1 cm³/mol. The molecule has 0 aromatic heterocycles. The second-order valence-electron chi connectivity index (χ2n) is 3.88. The van der Waals surface area contributed by atoms with Crippen molar-refractivity contribution in [2.45, 2.75) is 0 Å². The lowest BCUT2D eigenvalue weighted by atomic mass is 10.0. The SMILES string of the molecule is COc1cccc(C(=O)c2ccc(Br)cc2)c1OC. The maximum Gasteiger partial charge on any atom is 0.196 e. The van der Waals surface area contributed by atoms with Crippen LogP contribution in [-0.2, 0) is 0 Å². The lowest BCUT2D eigenvalue weighted by molar-refractivity contribution is 0.103. The minimum atomic E-state index is -0.0942. The summed E-state index contributed by atoms with van der Waals surface area (Å²) >= 11 is 3.35. The maximum atomic E-state index is 12.5. The van der Waals surface area contributed by atoms with Gasteiger partial charge in [0.15, 0.2) is 17.3 Å². The number of hydrogen-bond acceptors (Lipinski definition) is 3. The molecular formula is C15H13BrO3. The average Bonchev–Trinajstić information content (AvgIpc) is 2.46. The molecule has 0 aliphatic carbocycles. The topological polar surface area (TPSA) is 35.5 Å². The Morgan fingerprint density at radius 1 is 1.00 bits per heavy atom. The Hall–Kier alpha value is -1.81. The first-order valence-electron chi connectivity index (χ1n) is 5.68. The molecule has 0 saturated carbocycles. The van der Waals surface area contributed by atoms with E-state index >= 15 is 0 Å². The van der Waals surface area contributed by atoms with E-state index in [1.807, 2.05) is 12.1 Å². The lowest BCUT2D eigenvalue weighted by Crippen LogP contribution is -2.05. The van der Waals surface area contributed by atoms with Crippen LogP contribution in [-0.4, -0.2) is 20.0 Å². The first kappa shape index (κ1) is 13.6. The van der Waals surface area contributed by atoms with Crippen LogP contribution >= 0.6 is 15.9 Å². The standard InChI is InChI=1S/C15H13BrO3/c1-18-13-5-3-4-12(15(13)19-2)14(17)10-6-8-11(16)9-7-10/h3-9H,1-2H3. The van der Waals surface area contributed by atoms with Gasteiger partial charge in [-0.2, -0.15) is 0 Å². The summed E-state index contributed by atoms with van der Waals surface area (Å²) in [7, 11) is 3.07. The Morgan fingerprint density at radius 3 is 2.26 bits per heavy atom. The number of halogens is 1. The highest BCUT2D eigenvalue weighted by molar-refractivity contribution is 9.10. The average molecular weight is 321 g/mol. The molecule has 0 unspecified atom stereocenters. The number of methoxy groups -OCH3 is 2. The van der Waals surface area contributed by atoms with Crippen molar-refractivity contribution < 1.29 is 14.3 Å². The summed E-state index contributed by atoms with van der Waals surface area (Å²) in [6, 6.07) is 12.5. The van der Waals surface area contributed by atoms with Crippen molar-refractivity contribution in [2.75, 3.05) is 14.2 Å². The van der Waals surface area contributed by atoms with Crippen LogP contribution in [0.25, 0.3) is 0 Å². The van der Waals surface area contributed by atoms with Gasteiger partial charge in [-0.25, -0.2) is 0 Å². The molecule has 0 heterocycles. The smallest absolute Gasteiger partial charge is 0.196 e. The van der Waals surface area contributed by atoms with Crippen LogP contribution in [0.1, 0.15) is 15.9 Å². The number of carbonyl (C=O) groups excluding carboxylic acids is 1. The first-order valence-corrected chi connectivity index (χ1v) is 6.48. The number of benzene rings is 2. The molecule has 0 spiro atoms. The van der Waals surface area contributed by atoms with Crippen LogP contribution in [0.5, 0.6) is 11.5 Å². The van der Waals surface area contributed by atoms with Gasteiger partial charge < -0.3 is 9.47 Å². The molecule has 2 aromatic carbocycles. The minimum Gasteiger partial charge on any atom is -0.493 e. The van der Waals surface area contributed by atoms with E-state index < -0.39 is 0 Å². The molecule has 4 heteroatoms. The molecule has 0 bridgehead atoms. The van der Waals surface area contributed by atoms with E-state index in [0.29, 0.717) is 22.6 Å². The van der Waals surface area contributed by atoms with Crippen LogP contribution in [0.2, 0.25) is 0 Å². The number of carbonyl (C=O) groups is 1. The highest BCUT2D eigenvalue weighted by Crippen LogP contribution is 2.32. The molecule has 0 aliphatic rings. The molecule has 0 amide bonds. The molecule has 98 valence electrons. The third-order valence-electron chi connectivity index (χ3n) is 2.75. The zero-order chi connectivity index (χ0) is 13.8. The number of ketones is 1. The second kappa shape index (κ2) is 5.89. The Morgan fingerprint density at radius 2 is 1.68 bits per heavy atom. The van der Waals surface area contributed by atoms with Gasteiger partial charge in [0.25, 0.3) is 0 Å². The van der Waals surface area contributed by atoms with E-state index in [1.54, 1.807) is 37.4 Å². The van der Waals surface area contributed by atoms with Gasteiger partial charge in [-0.3, -0.25) is 4.79 Å². The van der Waals surface area contributed by atoms with E-state index in [9.17, 15) is 4.79 Å². The van der Waals surface area contributed by atoms with Gasteiger partial charge in [0.05, 0.1) is 19.8 Å². The molecule has 19 heavy (non-hydrogen) atoms. The molecule has 0 N–H and O–H groups in total. The highest BCUT2D eigenvalue weighted by Gasteiger charge is 2.17. The van der Waals surface area contributed by atoms with Crippen molar-refractivity contribution in [3.8, 4) is 11.5 Å². The molecule has 2 rings (SSSR count). The first-order chi connectivity index (χ1) is 9.17. The second-order valence-corrected chi connectivity index (χ2v) is 4.79. The summed E-state index contributed by atoms with van der Waals surface area (Å²) in [5.74, 6) is 0.909. The lowest BCUT2D eigenvalue weighted by Gasteiger charge is -2.11.